The predicted octanol–water partition coefficient (Wildman–Crippen LogP) is 1.01. The van der Waals surface area contributed by atoms with Crippen LogP contribution in [0.15, 0.2) is 18.2 Å². The van der Waals surface area contributed by atoms with Crippen LogP contribution in [0.2, 0.25) is 0 Å². The number of esters is 1. The van der Waals surface area contributed by atoms with Crippen LogP contribution in [-0.2, 0) is 4.74 Å². The highest BCUT2D eigenvalue weighted by Crippen LogP contribution is 2.26. The highest BCUT2D eigenvalue weighted by Gasteiger charge is 2.16. The molecule has 2 aromatic rings. The molecular formula is C11H11N3O3. The van der Waals surface area contributed by atoms with Gasteiger partial charge in [-0.05, 0) is 6.07 Å². The Morgan fingerprint density at radius 2 is 2.06 bits per heavy atom. The zero-order valence-corrected chi connectivity index (χ0v) is 9.43. The Morgan fingerprint density at radius 1 is 1.29 bits per heavy atom. The van der Waals surface area contributed by atoms with Gasteiger partial charge in [-0.2, -0.15) is 0 Å². The van der Waals surface area contributed by atoms with E-state index in [1.165, 1.54) is 14.2 Å². The van der Waals surface area contributed by atoms with Crippen LogP contribution in [-0.4, -0.2) is 30.2 Å². The molecular weight excluding hydrogens is 222 g/mol. The van der Waals surface area contributed by atoms with Crippen molar-refractivity contribution in [2.24, 2.45) is 0 Å². The Balaban J connectivity index is 2.81. The Labute approximate surface area is 97.4 Å². The fraction of sp³-hybridized carbons (Fsp3) is 0.182. The summed E-state index contributed by atoms with van der Waals surface area (Å²) in [5.74, 6) is -0.0264. The molecule has 0 radical (unpaired) electrons. The van der Waals surface area contributed by atoms with E-state index < -0.39 is 5.97 Å². The largest absolute Gasteiger partial charge is 0.494 e. The molecule has 1 heterocycles. The lowest BCUT2D eigenvalue weighted by atomic mass is 10.1. The van der Waals surface area contributed by atoms with E-state index in [0.29, 0.717) is 16.7 Å². The van der Waals surface area contributed by atoms with Crippen LogP contribution in [0.4, 0.5) is 5.95 Å². The Kier molecular flexibility index (Phi) is 2.78. The highest BCUT2D eigenvalue weighted by molar-refractivity contribution is 6.03. The number of aromatic nitrogens is 2. The van der Waals surface area contributed by atoms with Gasteiger partial charge in [0.1, 0.15) is 11.3 Å². The number of anilines is 1. The van der Waals surface area contributed by atoms with Crippen molar-refractivity contribution < 1.29 is 14.3 Å². The molecule has 0 spiro atoms. The van der Waals surface area contributed by atoms with Gasteiger partial charge in [0, 0.05) is 5.39 Å². The number of rotatable bonds is 2. The monoisotopic (exact) mass is 233 g/mol. The number of benzene rings is 1. The quantitative estimate of drug-likeness (QED) is 0.779. The van der Waals surface area contributed by atoms with E-state index >= 15 is 0 Å². The average Bonchev–Trinajstić information content (AvgIpc) is 2.36. The van der Waals surface area contributed by atoms with Gasteiger partial charge in [0.2, 0.25) is 5.95 Å². The van der Waals surface area contributed by atoms with E-state index in [1.807, 2.05) is 0 Å². The number of para-hydroxylation sites is 1. The third kappa shape index (κ3) is 1.84. The van der Waals surface area contributed by atoms with Gasteiger partial charge in [-0.25, -0.2) is 14.8 Å². The van der Waals surface area contributed by atoms with Crippen molar-refractivity contribution in [3.8, 4) is 5.75 Å². The van der Waals surface area contributed by atoms with Crippen LogP contribution in [0.25, 0.3) is 10.9 Å². The van der Waals surface area contributed by atoms with Gasteiger partial charge >= 0.3 is 5.97 Å². The molecule has 0 aliphatic carbocycles. The molecule has 17 heavy (non-hydrogen) atoms. The molecule has 0 fully saturated rings. The predicted molar refractivity (Wildman–Crippen MR) is 61.8 cm³/mol. The second kappa shape index (κ2) is 4.25. The summed E-state index contributed by atoms with van der Waals surface area (Å²) in [7, 11) is 2.80. The normalized spacial score (nSPS) is 10.2. The third-order valence-electron chi connectivity index (χ3n) is 2.31. The van der Waals surface area contributed by atoms with E-state index in [2.05, 4.69) is 14.7 Å². The zero-order valence-electron chi connectivity index (χ0n) is 9.43. The molecule has 0 saturated carbocycles. The number of nitrogens with zero attached hydrogens (tertiary/aromatic N) is 2. The summed E-state index contributed by atoms with van der Waals surface area (Å²) >= 11 is 0. The molecule has 0 atom stereocenters. The maximum atomic E-state index is 11.6. The van der Waals surface area contributed by atoms with Crippen molar-refractivity contribution in [2.75, 3.05) is 20.0 Å². The molecule has 1 aromatic carbocycles. The zero-order chi connectivity index (χ0) is 12.4. The minimum Gasteiger partial charge on any atom is -0.494 e. The van der Waals surface area contributed by atoms with Crippen molar-refractivity contribution in [3.63, 3.8) is 0 Å². The van der Waals surface area contributed by atoms with Crippen LogP contribution < -0.4 is 10.5 Å². The first kappa shape index (κ1) is 11.1. The molecule has 6 nitrogen and oxygen atoms in total. The smallest absolute Gasteiger partial charge is 0.357 e. The lowest BCUT2D eigenvalue weighted by Gasteiger charge is -2.07. The van der Waals surface area contributed by atoms with Gasteiger partial charge in [0.15, 0.2) is 5.69 Å². The van der Waals surface area contributed by atoms with Gasteiger partial charge < -0.3 is 15.2 Å². The minimum atomic E-state index is -0.558. The SMILES string of the molecule is COC(=O)c1nc(N)nc2c(OC)cccc12. The highest BCUT2D eigenvalue weighted by atomic mass is 16.5. The van der Waals surface area contributed by atoms with E-state index in [1.54, 1.807) is 18.2 Å². The maximum absolute atomic E-state index is 11.6. The number of hydrogen-bond acceptors (Lipinski definition) is 6. The summed E-state index contributed by atoms with van der Waals surface area (Å²) in [5.41, 5.74) is 6.18. The fourth-order valence-electron chi connectivity index (χ4n) is 1.56. The lowest BCUT2D eigenvalue weighted by molar-refractivity contribution is 0.0596. The van der Waals surface area contributed by atoms with Crippen LogP contribution in [0, 0.1) is 0 Å². The number of carbonyl (C=O) groups excluding carboxylic acids is 1. The van der Waals surface area contributed by atoms with Crippen molar-refractivity contribution in [1.29, 1.82) is 0 Å². The molecule has 0 saturated heterocycles. The molecule has 88 valence electrons. The molecule has 0 unspecified atom stereocenters. The number of nitrogen functional groups attached to an aromatic ring is 1. The number of carbonyl (C=O) groups is 1. The van der Waals surface area contributed by atoms with Crippen molar-refractivity contribution >= 4 is 22.8 Å². The Bertz CT molecular complexity index is 583. The summed E-state index contributed by atoms with van der Waals surface area (Å²) < 4.78 is 9.80. The topological polar surface area (TPSA) is 87.3 Å². The molecule has 1 aromatic heterocycles. The number of methoxy groups -OCH3 is 2. The molecule has 0 aliphatic rings. The van der Waals surface area contributed by atoms with Crippen molar-refractivity contribution in [2.45, 2.75) is 0 Å². The molecule has 0 aliphatic heterocycles. The molecule has 0 amide bonds. The van der Waals surface area contributed by atoms with E-state index in [0.717, 1.165) is 0 Å². The fourth-order valence-corrected chi connectivity index (χ4v) is 1.56. The maximum Gasteiger partial charge on any atom is 0.357 e. The third-order valence-corrected chi connectivity index (χ3v) is 2.31. The second-order valence-electron chi connectivity index (χ2n) is 3.28. The first-order valence-electron chi connectivity index (χ1n) is 4.86. The number of fused-ring (bicyclic) bond motifs is 1. The van der Waals surface area contributed by atoms with Gasteiger partial charge in [-0.1, -0.05) is 12.1 Å². The average molecular weight is 233 g/mol. The summed E-state index contributed by atoms with van der Waals surface area (Å²) in [4.78, 5) is 19.5. The van der Waals surface area contributed by atoms with Gasteiger partial charge in [0.25, 0.3) is 0 Å². The van der Waals surface area contributed by atoms with E-state index in [4.69, 9.17) is 10.5 Å². The second-order valence-corrected chi connectivity index (χ2v) is 3.28. The number of ether oxygens (including phenoxy) is 2. The minimum absolute atomic E-state index is 0.00222. The first-order chi connectivity index (χ1) is 8.17. The van der Waals surface area contributed by atoms with Gasteiger partial charge in [0.05, 0.1) is 14.2 Å². The summed E-state index contributed by atoms with van der Waals surface area (Å²) in [6, 6.07) is 5.19. The van der Waals surface area contributed by atoms with Crippen LogP contribution >= 0.6 is 0 Å². The van der Waals surface area contributed by atoms with Crippen LogP contribution in [0.3, 0.4) is 0 Å². The molecule has 2 rings (SSSR count). The summed E-state index contributed by atoms with van der Waals surface area (Å²) in [6.07, 6.45) is 0. The summed E-state index contributed by atoms with van der Waals surface area (Å²) in [6.45, 7) is 0. The van der Waals surface area contributed by atoms with Crippen molar-refractivity contribution in [1.82, 2.24) is 9.97 Å². The summed E-state index contributed by atoms with van der Waals surface area (Å²) in [5, 5.41) is 0.547. The van der Waals surface area contributed by atoms with Crippen molar-refractivity contribution in [3.05, 3.63) is 23.9 Å². The molecule has 0 bridgehead atoms. The molecule has 2 N–H and O–H groups in total. The van der Waals surface area contributed by atoms with Crippen LogP contribution in [0.1, 0.15) is 10.5 Å². The molecule has 6 heteroatoms. The first-order valence-corrected chi connectivity index (χ1v) is 4.86. The lowest BCUT2D eigenvalue weighted by Crippen LogP contribution is -2.09. The number of nitrogens with two attached hydrogens (primary N) is 1. The van der Waals surface area contributed by atoms with Gasteiger partial charge in [-0.3, -0.25) is 0 Å². The standard InChI is InChI=1S/C11H11N3O3/c1-16-7-5-3-4-6-8(7)13-11(12)14-9(6)10(15)17-2/h3-5H,1-2H3,(H2,12,13,14). The Hall–Kier alpha value is -2.37. The van der Waals surface area contributed by atoms with Gasteiger partial charge in [-0.15, -0.1) is 0 Å². The number of hydrogen-bond donors (Lipinski definition) is 1. The van der Waals surface area contributed by atoms with Crippen LogP contribution in [0.5, 0.6) is 5.75 Å². The Morgan fingerprint density at radius 3 is 2.71 bits per heavy atom. The van der Waals surface area contributed by atoms with E-state index in [-0.39, 0.29) is 11.6 Å². The van der Waals surface area contributed by atoms with E-state index in [9.17, 15) is 4.79 Å².